The van der Waals surface area contributed by atoms with Crippen LogP contribution < -0.4 is 4.72 Å². The molecule has 2 aromatic rings. The summed E-state index contributed by atoms with van der Waals surface area (Å²) in [4.78, 5) is 2.32. The Hall–Kier alpha value is -1.65. The minimum atomic E-state index is -3.53. The average molecular weight is 321 g/mol. The van der Waals surface area contributed by atoms with Gasteiger partial charge < -0.3 is 5.11 Å². The minimum absolute atomic E-state index is 0.199. The van der Waals surface area contributed by atoms with Crippen molar-refractivity contribution in [3.63, 3.8) is 0 Å². The number of aryl methyl sites for hydroxylation is 1. The van der Waals surface area contributed by atoms with E-state index in [-0.39, 0.29) is 18.0 Å². The van der Waals surface area contributed by atoms with Crippen molar-refractivity contribution in [2.75, 3.05) is 6.61 Å². The molecule has 0 spiro atoms. The van der Waals surface area contributed by atoms with E-state index in [2.05, 4.69) is 16.6 Å². The van der Waals surface area contributed by atoms with E-state index < -0.39 is 10.0 Å². The fraction of sp³-hybridized carbons (Fsp3) is 0.200. The molecule has 0 radical (unpaired) electrons. The van der Waals surface area contributed by atoms with Gasteiger partial charge in [-0.3, -0.25) is 0 Å². The van der Waals surface area contributed by atoms with Crippen LogP contribution in [0.5, 0.6) is 0 Å². The van der Waals surface area contributed by atoms with Crippen molar-refractivity contribution >= 4 is 21.4 Å². The molecule has 0 amide bonds. The second-order valence-electron chi connectivity index (χ2n) is 4.32. The Bertz CT molecular complexity index is 765. The van der Waals surface area contributed by atoms with Gasteiger partial charge in [0.05, 0.1) is 4.90 Å². The van der Waals surface area contributed by atoms with Crippen LogP contribution in [-0.4, -0.2) is 20.1 Å². The number of hydrogen-bond donors (Lipinski definition) is 2. The summed E-state index contributed by atoms with van der Waals surface area (Å²) < 4.78 is 26.9. The molecule has 0 bridgehead atoms. The Kier molecular flexibility index (Phi) is 5.15. The summed E-state index contributed by atoms with van der Waals surface area (Å²) >= 11 is 1.57. The molecule has 0 aliphatic carbocycles. The average Bonchev–Trinajstić information content (AvgIpc) is 2.89. The smallest absolute Gasteiger partial charge is 0.240 e. The summed E-state index contributed by atoms with van der Waals surface area (Å²) in [5.41, 5.74) is 0.664. The maximum Gasteiger partial charge on any atom is 0.240 e. The van der Waals surface area contributed by atoms with E-state index in [9.17, 15) is 8.42 Å². The molecule has 1 aromatic carbocycles. The maximum atomic E-state index is 12.2. The van der Waals surface area contributed by atoms with E-state index in [0.717, 1.165) is 9.75 Å². The van der Waals surface area contributed by atoms with Gasteiger partial charge in [0.25, 0.3) is 0 Å². The molecule has 6 heteroatoms. The Morgan fingerprint density at radius 2 is 1.90 bits per heavy atom. The predicted molar refractivity (Wildman–Crippen MR) is 83.5 cm³/mol. The molecule has 0 aliphatic rings. The van der Waals surface area contributed by atoms with Crippen molar-refractivity contribution in [2.45, 2.75) is 18.4 Å². The van der Waals surface area contributed by atoms with Gasteiger partial charge in [0.15, 0.2) is 0 Å². The molecule has 4 nitrogen and oxygen atoms in total. The third-order valence-electron chi connectivity index (χ3n) is 2.71. The quantitative estimate of drug-likeness (QED) is 0.845. The number of sulfonamides is 1. The Morgan fingerprint density at radius 1 is 1.19 bits per heavy atom. The van der Waals surface area contributed by atoms with E-state index in [0.29, 0.717) is 5.56 Å². The molecule has 110 valence electrons. The van der Waals surface area contributed by atoms with Gasteiger partial charge in [0.2, 0.25) is 10.0 Å². The van der Waals surface area contributed by atoms with E-state index in [1.165, 1.54) is 12.1 Å². The summed E-state index contributed by atoms with van der Waals surface area (Å²) in [7, 11) is -3.53. The highest BCUT2D eigenvalue weighted by atomic mass is 32.2. The Balaban J connectivity index is 2.08. The van der Waals surface area contributed by atoms with Crippen LogP contribution in [0.25, 0.3) is 0 Å². The van der Waals surface area contributed by atoms with Gasteiger partial charge in [0, 0.05) is 21.9 Å². The molecule has 1 heterocycles. The first kappa shape index (κ1) is 15.7. The van der Waals surface area contributed by atoms with E-state index in [4.69, 9.17) is 5.11 Å². The fourth-order valence-corrected chi connectivity index (χ4v) is 3.62. The van der Waals surface area contributed by atoms with Gasteiger partial charge in [-0.15, -0.1) is 11.3 Å². The standard InChI is InChI=1S/C15H15NO3S2/c1-12-4-7-14(20-12)11-16-21(18,19)15-8-5-13(6-9-15)3-2-10-17/h4-9,16-17H,10-11H2,1H3. The molecule has 2 rings (SSSR count). The third kappa shape index (κ3) is 4.41. The number of benzene rings is 1. The SMILES string of the molecule is Cc1ccc(CNS(=O)(=O)c2ccc(C#CCO)cc2)s1. The van der Waals surface area contributed by atoms with Gasteiger partial charge in [-0.05, 0) is 43.3 Å². The maximum absolute atomic E-state index is 12.2. The molecule has 2 N–H and O–H groups in total. The molecular formula is C15H15NO3S2. The molecule has 0 saturated heterocycles. The third-order valence-corrected chi connectivity index (χ3v) is 5.13. The Morgan fingerprint density at radius 3 is 2.48 bits per heavy atom. The number of rotatable bonds is 4. The van der Waals surface area contributed by atoms with Gasteiger partial charge in [-0.1, -0.05) is 11.8 Å². The van der Waals surface area contributed by atoms with Crippen LogP contribution in [0.4, 0.5) is 0 Å². The molecule has 0 aliphatic heterocycles. The topological polar surface area (TPSA) is 66.4 Å². The molecule has 0 unspecified atom stereocenters. The van der Waals surface area contributed by atoms with E-state index in [1.54, 1.807) is 23.5 Å². The Labute approximate surface area is 128 Å². The second-order valence-corrected chi connectivity index (χ2v) is 7.46. The van der Waals surface area contributed by atoms with Crippen LogP contribution in [0, 0.1) is 18.8 Å². The van der Waals surface area contributed by atoms with Crippen LogP contribution >= 0.6 is 11.3 Å². The summed E-state index contributed by atoms with van der Waals surface area (Å²) in [5, 5.41) is 8.61. The monoisotopic (exact) mass is 321 g/mol. The largest absolute Gasteiger partial charge is 0.384 e. The van der Waals surface area contributed by atoms with Crippen LogP contribution in [0.3, 0.4) is 0 Å². The second kappa shape index (κ2) is 6.87. The van der Waals surface area contributed by atoms with E-state index in [1.807, 2.05) is 19.1 Å². The lowest BCUT2D eigenvalue weighted by molar-refractivity contribution is 0.350. The molecule has 0 atom stereocenters. The molecule has 1 aromatic heterocycles. The first-order valence-corrected chi connectivity index (χ1v) is 8.56. The first-order valence-electron chi connectivity index (χ1n) is 6.26. The summed E-state index contributed by atoms with van der Waals surface area (Å²) in [5.74, 6) is 5.23. The zero-order valence-electron chi connectivity index (χ0n) is 11.5. The molecular weight excluding hydrogens is 306 g/mol. The van der Waals surface area contributed by atoms with Gasteiger partial charge in [-0.2, -0.15) is 0 Å². The summed E-state index contributed by atoms with van der Waals surface area (Å²) in [6.45, 7) is 2.05. The minimum Gasteiger partial charge on any atom is -0.384 e. The van der Waals surface area contributed by atoms with Crippen LogP contribution in [0.1, 0.15) is 15.3 Å². The van der Waals surface area contributed by atoms with Crippen molar-refractivity contribution in [3.05, 3.63) is 51.7 Å². The van der Waals surface area contributed by atoms with Crippen LogP contribution in [-0.2, 0) is 16.6 Å². The van der Waals surface area contributed by atoms with Crippen LogP contribution in [0.2, 0.25) is 0 Å². The first-order chi connectivity index (χ1) is 10.0. The number of aliphatic hydroxyl groups excluding tert-OH is 1. The molecule has 0 saturated carbocycles. The van der Waals surface area contributed by atoms with Crippen molar-refractivity contribution in [3.8, 4) is 11.8 Å². The predicted octanol–water partition coefficient (Wildman–Crippen LogP) is 1.88. The fourth-order valence-electron chi connectivity index (χ4n) is 1.69. The lowest BCUT2D eigenvalue weighted by atomic mass is 10.2. The summed E-state index contributed by atoms with van der Waals surface area (Å²) in [6.07, 6.45) is 0. The zero-order valence-corrected chi connectivity index (χ0v) is 13.1. The summed E-state index contributed by atoms with van der Waals surface area (Å²) in [6, 6.07) is 10.1. The van der Waals surface area contributed by atoms with Gasteiger partial charge in [0.1, 0.15) is 6.61 Å². The number of nitrogens with one attached hydrogen (secondary N) is 1. The lowest BCUT2D eigenvalue weighted by Crippen LogP contribution is -2.22. The van der Waals surface area contributed by atoms with Crippen molar-refractivity contribution in [2.24, 2.45) is 0 Å². The van der Waals surface area contributed by atoms with Gasteiger partial charge in [-0.25, -0.2) is 13.1 Å². The normalized spacial score (nSPS) is 11.0. The van der Waals surface area contributed by atoms with Crippen molar-refractivity contribution in [1.82, 2.24) is 4.72 Å². The lowest BCUT2D eigenvalue weighted by Gasteiger charge is -2.05. The number of thiophene rings is 1. The van der Waals surface area contributed by atoms with Gasteiger partial charge >= 0.3 is 0 Å². The van der Waals surface area contributed by atoms with E-state index >= 15 is 0 Å². The molecule has 0 fully saturated rings. The highest BCUT2D eigenvalue weighted by Gasteiger charge is 2.13. The zero-order chi connectivity index (χ0) is 15.3. The van der Waals surface area contributed by atoms with Crippen LogP contribution in [0.15, 0.2) is 41.3 Å². The molecule has 21 heavy (non-hydrogen) atoms. The number of hydrogen-bond acceptors (Lipinski definition) is 4. The number of aliphatic hydroxyl groups is 1. The van der Waals surface area contributed by atoms with Crippen molar-refractivity contribution in [1.29, 1.82) is 0 Å². The highest BCUT2D eigenvalue weighted by Crippen LogP contribution is 2.16. The highest BCUT2D eigenvalue weighted by molar-refractivity contribution is 7.89. The van der Waals surface area contributed by atoms with Crippen molar-refractivity contribution < 1.29 is 13.5 Å².